The number of rotatable bonds is 7. The predicted octanol–water partition coefficient (Wildman–Crippen LogP) is 0.809. The van der Waals surface area contributed by atoms with Gasteiger partial charge in [0.05, 0.1) is 0 Å². The van der Waals surface area contributed by atoms with E-state index in [0.29, 0.717) is 6.54 Å². The summed E-state index contributed by atoms with van der Waals surface area (Å²) < 4.78 is 0.888. The molecular formula is C13H19N3O4. The molecule has 0 aliphatic heterocycles. The first-order valence-electron chi connectivity index (χ1n) is 6.58. The fraction of sp³-hybridized carbons (Fsp3) is 0.538. The van der Waals surface area contributed by atoms with Crippen LogP contribution in [0.3, 0.4) is 0 Å². The van der Waals surface area contributed by atoms with Gasteiger partial charge in [-0.25, -0.2) is 9.48 Å². The van der Waals surface area contributed by atoms with Crippen molar-refractivity contribution >= 4 is 11.9 Å². The number of hydrogen-bond acceptors (Lipinski definition) is 4. The van der Waals surface area contributed by atoms with Crippen LogP contribution < -0.4 is 10.9 Å². The topological polar surface area (TPSA) is 101 Å². The van der Waals surface area contributed by atoms with Crippen LogP contribution in [-0.4, -0.2) is 33.3 Å². The van der Waals surface area contributed by atoms with E-state index in [0.717, 1.165) is 36.1 Å². The molecule has 7 nitrogen and oxygen atoms in total. The lowest BCUT2D eigenvalue weighted by atomic mass is 10.2. The molecule has 0 bridgehead atoms. The predicted molar refractivity (Wildman–Crippen MR) is 72.7 cm³/mol. The van der Waals surface area contributed by atoms with E-state index in [1.54, 1.807) is 0 Å². The number of aromatic carboxylic acids is 1. The highest BCUT2D eigenvalue weighted by atomic mass is 16.4. The van der Waals surface area contributed by atoms with Crippen LogP contribution in [0, 0.1) is 0 Å². The molecule has 0 aromatic carbocycles. The molecule has 0 spiro atoms. The Kier molecular flexibility index (Phi) is 5.89. The van der Waals surface area contributed by atoms with E-state index >= 15 is 0 Å². The summed E-state index contributed by atoms with van der Waals surface area (Å²) in [5.74, 6) is -1.59. The van der Waals surface area contributed by atoms with Crippen LogP contribution in [0.25, 0.3) is 0 Å². The Labute approximate surface area is 116 Å². The highest BCUT2D eigenvalue weighted by Gasteiger charge is 2.18. The van der Waals surface area contributed by atoms with E-state index in [2.05, 4.69) is 17.3 Å². The molecule has 1 aromatic heterocycles. The zero-order chi connectivity index (χ0) is 15.1. The molecule has 0 fully saturated rings. The van der Waals surface area contributed by atoms with E-state index in [-0.39, 0.29) is 11.6 Å². The summed E-state index contributed by atoms with van der Waals surface area (Å²) in [7, 11) is 0. The van der Waals surface area contributed by atoms with Gasteiger partial charge in [-0.05, 0) is 19.4 Å². The van der Waals surface area contributed by atoms with Crippen molar-refractivity contribution in [1.82, 2.24) is 15.1 Å². The van der Waals surface area contributed by atoms with Crippen LogP contribution in [-0.2, 0) is 4.79 Å². The summed E-state index contributed by atoms with van der Waals surface area (Å²) in [5, 5.41) is 15.2. The molecule has 1 atom stereocenters. The van der Waals surface area contributed by atoms with Crippen molar-refractivity contribution in [3.8, 4) is 0 Å². The van der Waals surface area contributed by atoms with Crippen LogP contribution in [0.15, 0.2) is 16.9 Å². The normalized spacial score (nSPS) is 11.9. The highest BCUT2D eigenvalue weighted by molar-refractivity contribution is 5.85. The number of carboxylic acids is 1. The van der Waals surface area contributed by atoms with Gasteiger partial charge in [-0.1, -0.05) is 19.8 Å². The van der Waals surface area contributed by atoms with Gasteiger partial charge in [-0.2, -0.15) is 5.10 Å². The minimum absolute atomic E-state index is 0.268. The van der Waals surface area contributed by atoms with Crippen molar-refractivity contribution in [3.63, 3.8) is 0 Å². The maximum Gasteiger partial charge on any atom is 0.356 e. The number of carbonyl (C=O) groups is 2. The fourth-order valence-electron chi connectivity index (χ4n) is 1.66. The first-order valence-corrected chi connectivity index (χ1v) is 6.58. The zero-order valence-corrected chi connectivity index (χ0v) is 11.6. The third-order valence-corrected chi connectivity index (χ3v) is 2.87. The Bertz CT molecular complexity index is 539. The van der Waals surface area contributed by atoms with Crippen molar-refractivity contribution in [1.29, 1.82) is 0 Å². The molecule has 7 heteroatoms. The summed E-state index contributed by atoms with van der Waals surface area (Å²) in [4.78, 5) is 34.3. The van der Waals surface area contributed by atoms with E-state index in [1.165, 1.54) is 6.92 Å². The maximum absolute atomic E-state index is 11.9. The van der Waals surface area contributed by atoms with Crippen LogP contribution in [0.2, 0.25) is 0 Å². The Morgan fingerprint density at radius 3 is 2.70 bits per heavy atom. The largest absolute Gasteiger partial charge is 0.476 e. The summed E-state index contributed by atoms with van der Waals surface area (Å²) >= 11 is 0. The second-order valence-electron chi connectivity index (χ2n) is 4.48. The lowest BCUT2D eigenvalue weighted by Gasteiger charge is -2.14. The van der Waals surface area contributed by atoms with E-state index < -0.39 is 17.6 Å². The smallest absolute Gasteiger partial charge is 0.356 e. The zero-order valence-electron chi connectivity index (χ0n) is 11.6. The molecule has 1 unspecified atom stereocenters. The first-order chi connectivity index (χ1) is 9.47. The van der Waals surface area contributed by atoms with E-state index in [9.17, 15) is 14.4 Å². The standard InChI is InChI=1S/C13H19N3O4/c1-3-4-5-8-14-12(18)9(2)16-11(17)7-6-10(15-16)13(19)20/h6-7,9H,3-5,8H2,1-2H3,(H,14,18)(H,19,20). The molecule has 20 heavy (non-hydrogen) atoms. The fourth-order valence-corrected chi connectivity index (χ4v) is 1.66. The number of unbranched alkanes of at least 4 members (excludes halogenated alkanes) is 2. The quantitative estimate of drug-likeness (QED) is 0.720. The average molecular weight is 281 g/mol. The Balaban J connectivity index is 2.78. The SMILES string of the molecule is CCCCCNC(=O)C(C)n1nc(C(=O)O)ccc1=O. The lowest BCUT2D eigenvalue weighted by molar-refractivity contribution is -0.124. The van der Waals surface area contributed by atoms with Gasteiger partial charge in [0, 0.05) is 12.6 Å². The van der Waals surface area contributed by atoms with Crippen LogP contribution in [0.1, 0.15) is 49.6 Å². The van der Waals surface area contributed by atoms with Gasteiger partial charge in [0.25, 0.3) is 5.56 Å². The first kappa shape index (κ1) is 15.9. The number of aromatic nitrogens is 2. The molecule has 1 amide bonds. The van der Waals surface area contributed by atoms with Crippen LogP contribution >= 0.6 is 0 Å². The number of nitrogens with zero attached hydrogens (tertiary/aromatic N) is 2. The van der Waals surface area contributed by atoms with Crippen molar-refractivity contribution in [2.24, 2.45) is 0 Å². The summed E-state index contributed by atoms with van der Waals surface area (Å²) in [6.45, 7) is 4.10. The molecule has 1 rings (SSSR count). The molecular weight excluding hydrogens is 262 g/mol. The van der Waals surface area contributed by atoms with Gasteiger partial charge in [-0.15, -0.1) is 0 Å². The van der Waals surface area contributed by atoms with Gasteiger partial charge in [0.1, 0.15) is 6.04 Å². The number of carbonyl (C=O) groups excluding carboxylic acids is 1. The second-order valence-corrected chi connectivity index (χ2v) is 4.48. The van der Waals surface area contributed by atoms with Crippen LogP contribution in [0.4, 0.5) is 0 Å². The average Bonchev–Trinajstić information content (AvgIpc) is 2.42. The number of hydrogen-bond donors (Lipinski definition) is 2. The Morgan fingerprint density at radius 1 is 1.40 bits per heavy atom. The molecule has 0 saturated heterocycles. The molecule has 0 radical (unpaired) electrons. The van der Waals surface area contributed by atoms with Crippen molar-refractivity contribution in [2.45, 2.75) is 39.2 Å². The highest BCUT2D eigenvalue weighted by Crippen LogP contribution is 2.02. The maximum atomic E-state index is 11.9. The van der Waals surface area contributed by atoms with Crippen molar-refractivity contribution < 1.29 is 14.7 Å². The molecule has 0 aliphatic carbocycles. The van der Waals surface area contributed by atoms with Gasteiger partial charge < -0.3 is 10.4 Å². The van der Waals surface area contributed by atoms with Gasteiger partial charge in [0.15, 0.2) is 5.69 Å². The Morgan fingerprint density at radius 2 is 2.10 bits per heavy atom. The van der Waals surface area contributed by atoms with Crippen molar-refractivity contribution in [2.75, 3.05) is 6.54 Å². The number of amides is 1. The van der Waals surface area contributed by atoms with Crippen molar-refractivity contribution in [3.05, 3.63) is 28.2 Å². The minimum Gasteiger partial charge on any atom is -0.476 e. The molecule has 2 N–H and O–H groups in total. The molecule has 0 aliphatic rings. The lowest BCUT2D eigenvalue weighted by Crippen LogP contribution is -2.37. The summed E-state index contributed by atoms with van der Waals surface area (Å²) in [5.41, 5.74) is -0.776. The van der Waals surface area contributed by atoms with Gasteiger partial charge in [-0.3, -0.25) is 9.59 Å². The Hall–Kier alpha value is -2.18. The molecule has 1 aromatic rings. The molecule has 110 valence electrons. The monoisotopic (exact) mass is 281 g/mol. The number of carboxylic acid groups (broad SMARTS) is 1. The third-order valence-electron chi connectivity index (χ3n) is 2.87. The number of nitrogens with one attached hydrogen (secondary N) is 1. The third kappa shape index (κ3) is 4.18. The van der Waals surface area contributed by atoms with E-state index in [1.807, 2.05) is 0 Å². The molecule has 1 heterocycles. The van der Waals surface area contributed by atoms with Gasteiger partial charge in [0.2, 0.25) is 5.91 Å². The minimum atomic E-state index is -1.24. The molecule has 0 saturated carbocycles. The second kappa shape index (κ2) is 7.42. The van der Waals surface area contributed by atoms with E-state index in [4.69, 9.17) is 5.11 Å². The van der Waals surface area contributed by atoms with Crippen LogP contribution in [0.5, 0.6) is 0 Å². The van der Waals surface area contributed by atoms with Gasteiger partial charge >= 0.3 is 5.97 Å². The summed E-state index contributed by atoms with van der Waals surface area (Å²) in [6, 6.07) is 1.37. The summed E-state index contributed by atoms with van der Waals surface area (Å²) in [6.07, 6.45) is 2.93.